The van der Waals surface area contributed by atoms with E-state index in [-0.39, 0.29) is 15.5 Å². The Labute approximate surface area is 120 Å². The van der Waals surface area contributed by atoms with Gasteiger partial charge in [0.15, 0.2) is 0 Å². The van der Waals surface area contributed by atoms with Crippen LogP contribution in [0, 0.1) is 17.0 Å². The lowest BCUT2D eigenvalue weighted by Crippen LogP contribution is -2.42. The van der Waals surface area contributed by atoms with Gasteiger partial charge in [-0.25, -0.2) is 8.78 Å². The Morgan fingerprint density at radius 2 is 1.89 bits per heavy atom. The molecule has 1 unspecified atom stereocenters. The Bertz CT molecular complexity index is 459. The van der Waals surface area contributed by atoms with Crippen molar-refractivity contribution in [3.63, 3.8) is 0 Å². The van der Waals surface area contributed by atoms with Crippen molar-refractivity contribution in [2.24, 2.45) is 11.3 Å². The van der Waals surface area contributed by atoms with Gasteiger partial charge in [-0.05, 0) is 46.3 Å². The maximum absolute atomic E-state index is 14.2. The molecular formula is C14H19BrF2N2. The van der Waals surface area contributed by atoms with E-state index in [1.165, 1.54) is 18.6 Å². The van der Waals surface area contributed by atoms with Gasteiger partial charge in [-0.3, -0.25) is 11.3 Å². The van der Waals surface area contributed by atoms with Crippen molar-refractivity contribution in [1.82, 2.24) is 5.43 Å². The van der Waals surface area contributed by atoms with Crippen LogP contribution >= 0.6 is 15.9 Å². The van der Waals surface area contributed by atoms with E-state index in [0.29, 0.717) is 0 Å². The molecule has 0 bridgehead atoms. The molecule has 2 rings (SSSR count). The molecule has 0 aromatic heterocycles. The molecule has 1 atom stereocenters. The number of benzene rings is 1. The highest BCUT2D eigenvalue weighted by Crippen LogP contribution is 2.46. The number of nitrogens with one attached hydrogen (secondary N) is 1. The normalized spacial score (nSPS) is 20.3. The molecule has 0 heterocycles. The summed E-state index contributed by atoms with van der Waals surface area (Å²) in [6.07, 6.45) is 5.18. The number of nitrogens with two attached hydrogens (primary N) is 1. The molecule has 0 radical (unpaired) electrons. The highest BCUT2D eigenvalue weighted by Gasteiger charge is 2.39. The number of rotatable bonds is 3. The van der Waals surface area contributed by atoms with E-state index in [4.69, 9.17) is 5.84 Å². The van der Waals surface area contributed by atoms with Gasteiger partial charge in [0.2, 0.25) is 0 Å². The molecule has 3 N–H and O–H groups in total. The minimum atomic E-state index is -0.560. The standard InChI is InChI=1S/C14H19BrF2N2/c1-14(7-3-2-4-8-14)13(19-18)11-10(16)6-5-9(15)12(11)17/h5-6,13,19H,2-4,7-8,18H2,1H3. The van der Waals surface area contributed by atoms with Gasteiger partial charge >= 0.3 is 0 Å². The van der Waals surface area contributed by atoms with E-state index in [1.807, 2.05) is 0 Å². The maximum atomic E-state index is 14.2. The van der Waals surface area contributed by atoms with Crippen molar-refractivity contribution in [1.29, 1.82) is 0 Å². The van der Waals surface area contributed by atoms with Crippen LogP contribution in [0.15, 0.2) is 16.6 Å². The molecule has 1 fully saturated rings. The quantitative estimate of drug-likeness (QED) is 0.494. The van der Waals surface area contributed by atoms with Crippen molar-refractivity contribution in [2.45, 2.75) is 45.1 Å². The topological polar surface area (TPSA) is 38.0 Å². The van der Waals surface area contributed by atoms with Crippen LogP contribution in [-0.2, 0) is 0 Å². The molecule has 1 aromatic rings. The minimum absolute atomic E-state index is 0.0428. The first-order valence-electron chi connectivity index (χ1n) is 6.59. The van der Waals surface area contributed by atoms with Crippen LogP contribution in [0.5, 0.6) is 0 Å². The van der Waals surface area contributed by atoms with Gasteiger partial charge in [0, 0.05) is 5.56 Å². The molecule has 19 heavy (non-hydrogen) atoms. The fraction of sp³-hybridized carbons (Fsp3) is 0.571. The second-order valence-corrected chi connectivity index (χ2v) is 6.43. The smallest absolute Gasteiger partial charge is 0.145 e. The van der Waals surface area contributed by atoms with Crippen LogP contribution < -0.4 is 11.3 Å². The third-order valence-electron chi connectivity index (χ3n) is 4.23. The molecule has 0 saturated heterocycles. The van der Waals surface area contributed by atoms with E-state index in [9.17, 15) is 8.78 Å². The van der Waals surface area contributed by atoms with Crippen molar-refractivity contribution in [2.75, 3.05) is 0 Å². The minimum Gasteiger partial charge on any atom is -0.271 e. The zero-order chi connectivity index (χ0) is 14.0. The first kappa shape index (κ1) is 14.9. The number of hydrogen-bond acceptors (Lipinski definition) is 2. The Balaban J connectivity index is 2.44. The Morgan fingerprint density at radius 3 is 2.47 bits per heavy atom. The molecule has 0 amide bonds. The molecule has 1 aliphatic carbocycles. The zero-order valence-electron chi connectivity index (χ0n) is 11.0. The van der Waals surface area contributed by atoms with Crippen LogP contribution in [0.3, 0.4) is 0 Å². The predicted molar refractivity (Wildman–Crippen MR) is 75.3 cm³/mol. The summed E-state index contributed by atoms with van der Waals surface area (Å²) in [6, 6.07) is 2.15. The first-order valence-corrected chi connectivity index (χ1v) is 7.38. The van der Waals surface area contributed by atoms with E-state index < -0.39 is 17.7 Å². The van der Waals surface area contributed by atoms with Crippen molar-refractivity contribution in [3.8, 4) is 0 Å². The summed E-state index contributed by atoms with van der Waals surface area (Å²) in [7, 11) is 0. The molecule has 2 nitrogen and oxygen atoms in total. The van der Waals surface area contributed by atoms with Crippen LogP contribution in [0.2, 0.25) is 0 Å². The summed E-state index contributed by atoms with van der Waals surface area (Å²) < 4.78 is 28.5. The Hall–Kier alpha value is -0.520. The number of hydrazine groups is 1. The highest BCUT2D eigenvalue weighted by molar-refractivity contribution is 9.10. The van der Waals surface area contributed by atoms with Crippen LogP contribution in [0.25, 0.3) is 0 Å². The monoisotopic (exact) mass is 332 g/mol. The molecule has 1 aromatic carbocycles. The fourth-order valence-corrected chi connectivity index (χ4v) is 3.43. The molecule has 1 aliphatic rings. The fourth-order valence-electron chi connectivity index (χ4n) is 3.09. The second kappa shape index (κ2) is 5.85. The summed E-state index contributed by atoms with van der Waals surface area (Å²) in [5.41, 5.74) is 2.47. The summed E-state index contributed by atoms with van der Waals surface area (Å²) in [5.74, 6) is 4.50. The van der Waals surface area contributed by atoms with E-state index >= 15 is 0 Å². The van der Waals surface area contributed by atoms with Crippen molar-refractivity contribution in [3.05, 3.63) is 33.8 Å². The van der Waals surface area contributed by atoms with Crippen LogP contribution in [-0.4, -0.2) is 0 Å². The van der Waals surface area contributed by atoms with Gasteiger partial charge in [0.05, 0.1) is 10.5 Å². The third kappa shape index (κ3) is 2.83. The highest BCUT2D eigenvalue weighted by atomic mass is 79.9. The molecule has 106 valence electrons. The summed E-state index contributed by atoms with van der Waals surface area (Å²) in [4.78, 5) is 0. The lowest BCUT2D eigenvalue weighted by atomic mass is 9.68. The van der Waals surface area contributed by atoms with Crippen molar-refractivity contribution >= 4 is 15.9 Å². The largest absolute Gasteiger partial charge is 0.271 e. The maximum Gasteiger partial charge on any atom is 0.145 e. The Kier molecular flexibility index (Phi) is 4.58. The second-order valence-electron chi connectivity index (χ2n) is 5.57. The summed E-state index contributed by atoms with van der Waals surface area (Å²) in [5, 5.41) is 0. The Morgan fingerprint density at radius 1 is 1.26 bits per heavy atom. The SMILES string of the molecule is CC1(C(NN)c2c(F)ccc(Br)c2F)CCCCC1. The van der Waals surface area contributed by atoms with Gasteiger partial charge < -0.3 is 0 Å². The number of hydrogen-bond donors (Lipinski definition) is 2. The van der Waals surface area contributed by atoms with E-state index in [1.54, 1.807) is 0 Å². The van der Waals surface area contributed by atoms with Crippen molar-refractivity contribution < 1.29 is 8.78 Å². The van der Waals surface area contributed by atoms with E-state index in [0.717, 1.165) is 25.7 Å². The van der Waals surface area contributed by atoms with Gasteiger partial charge in [0.25, 0.3) is 0 Å². The summed E-state index contributed by atoms with van der Waals surface area (Å²) >= 11 is 3.11. The molecule has 0 spiro atoms. The van der Waals surface area contributed by atoms with E-state index in [2.05, 4.69) is 28.3 Å². The average molecular weight is 333 g/mol. The van der Waals surface area contributed by atoms with Crippen LogP contribution in [0.1, 0.15) is 50.6 Å². The van der Waals surface area contributed by atoms with Gasteiger partial charge in [-0.15, -0.1) is 0 Å². The molecule has 0 aliphatic heterocycles. The average Bonchev–Trinajstić information content (AvgIpc) is 2.40. The lowest BCUT2D eigenvalue weighted by molar-refractivity contribution is 0.139. The molecule has 1 saturated carbocycles. The van der Waals surface area contributed by atoms with Gasteiger partial charge in [0.1, 0.15) is 11.6 Å². The number of halogens is 3. The zero-order valence-corrected chi connectivity index (χ0v) is 12.6. The summed E-state index contributed by atoms with van der Waals surface area (Å²) in [6.45, 7) is 2.05. The van der Waals surface area contributed by atoms with Gasteiger partial charge in [-0.1, -0.05) is 26.2 Å². The molecule has 5 heteroatoms. The first-order chi connectivity index (χ1) is 8.99. The predicted octanol–water partition coefficient (Wildman–Crippen LogP) is 4.20. The molecular weight excluding hydrogens is 314 g/mol. The lowest BCUT2D eigenvalue weighted by Gasteiger charge is -2.40. The third-order valence-corrected chi connectivity index (χ3v) is 4.84. The van der Waals surface area contributed by atoms with Gasteiger partial charge in [-0.2, -0.15) is 0 Å². The van der Waals surface area contributed by atoms with Crippen LogP contribution in [0.4, 0.5) is 8.78 Å².